The Balaban J connectivity index is 1.38. The first-order chi connectivity index (χ1) is 13.3. The summed E-state index contributed by atoms with van der Waals surface area (Å²) in [6, 6.07) is 15.6. The normalized spacial score (nSPS) is 14.7. The lowest BCUT2D eigenvalue weighted by atomic mass is 10.0. The largest absolute Gasteiger partial charge is 0.355 e. The second kappa shape index (κ2) is 7.95. The van der Waals surface area contributed by atoms with Gasteiger partial charge in [-0.05, 0) is 48.7 Å². The molecule has 1 amide bonds. The number of anilines is 1. The van der Waals surface area contributed by atoms with Gasteiger partial charge in [-0.3, -0.25) is 9.78 Å². The summed E-state index contributed by atoms with van der Waals surface area (Å²) in [5, 5.41) is 11.3. The Labute approximate surface area is 158 Å². The zero-order valence-corrected chi connectivity index (χ0v) is 15.0. The monoisotopic (exact) mass is 359 g/mol. The molecule has 1 aromatic carbocycles. The lowest BCUT2D eigenvalue weighted by molar-refractivity contribution is 0.0931. The van der Waals surface area contributed by atoms with Gasteiger partial charge in [0.05, 0.1) is 0 Å². The summed E-state index contributed by atoms with van der Waals surface area (Å²) in [6.45, 7) is 1.72. The summed E-state index contributed by atoms with van der Waals surface area (Å²) in [4.78, 5) is 19.0. The molecule has 2 aromatic heterocycles. The fourth-order valence-electron chi connectivity index (χ4n) is 3.36. The molecular weight excluding hydrogens is 338 g/mol. The van der Waals surface area contributed by atoms with E-state index in [9.17, 15) is 4.79 Å². The Morgan fingerprint density at radius 2 is 1.81 bits per heavy atom. The molecule has 27 heavy (non-hydrogen) atoms. The van der Waals surface area contributed by atoms with Crippen molar-refractivity contribution in [3.05, 3.63) is 72.7 Å². The number of carbonyl (C=O) groups excluding carboxylic acids is 1. The van der Waals surface area contributed by atoms with Crippen molar-refractivity contribution >= 4 is 11.7 Å². The third-order valence-corrected chi connectivity index (χ3v) is 4.83. The average Bonchev–Trinajstić information content (AvgIpc) is 2.75. The number of aromatic nitrogens is 3. The molecule has 0 bridgehead atoms. The molecule has 0 spiro atoms. The van der Waals surface area contributed by atoms with Gasteiger partial charge in [-0.25, -0.2) is 0 Å². The van der Waals surface area contributed by atoms with Crippen molar-refractivity contribution in [2.75, 3.05) is 18.0 Å². The number of pyridine rings is 1. The van der Waals surface area contributed by atoms with Crippen molar-refractivity contribution in [1.82, 2.24) is 20.5 Å². The van der Waals surface area contributed by atoms with E-state index >= 15 is 0 Å². The fourth-order valence-corrected chi connectivity index (χ4v) is 3.36. The van der Waals surface area contributed by atoms with Gasteiger partial charge in [0.1, 0.15) is 0 Å². The number of nitrogens with one attached hydrogen (secondary N) is 1. The summed E-state index contributed by atoms with van der Waals surface area (Å²) < 4.78 is 0. The van der Waals surface area contributed by atoms with Crippen molar-refractivity contribution in [3.63, 3.8) is 0 Å². The molecule has 1 aliphatic rings. The van der Waals surface area contributed by atoms with Gasteiger partial charge in [-0.1, -0.05) is 18.2 Å². The molecule has 1 saturated heterocycles. The van der Waals surface area contributed by atoms with E-state index in [1.807, 2.05) is 48.5 Å². The highest BCUT2D eigenvalue weighted by molar-refractivity contribution is 5.95. The zero-order chi connectivity index (χ0) is 18.5. The summed E-state index contributed by atoms with van der Waals surface area (Å²) in [7, 11) is 0. The van der Waals surface area contributed by atoms with Gasteiger partial charge in [0.15, 0.2) is 5.82 Å². The SMILES string of the molecule is O=C(NC1CCN(c2cccnn2)CC1)c1cccc(-c2cccnc2)c1. The van der Waals surface area contributed by atoms with Gasteiger partial charge < -0.3 is 10.2 Å². The highest BCUT2D eigenvalue weighted by atomic mass is 16.1. The van der Waals surface area contributed by atoms with Crippen molar-refractivity contribution in [2.24, 2.45) is 0 Å². The standard InChI is InChI=1S/C21H21N5O/c27-21(17-5-1-4-16(14-17)18-6-2-10-22-15-18)24-19-8-12-26(13-9-19)20-7-3-11-23-25-20/h1-7,10-11,14-15,19H,8-9,12-13H2,(H,24,27). The number of amides is 1. The van der Waals surface area contributed by atoms with E-state index in [0.717, 1.165) is 42.9 Å². The summed E-state index contributed by atoms with van der Waals surface area (Å²) in [5.41, 5.74) is 2.67. The van der Waals surface area contributed by atoms with Crippen molar-refractivity contribution < 1.29 is 4.79 Å². The lowest BCUT2D eigenvalue weighted by Crippen LogP contribution is -2.45. The van der Waals surface area contributed by atoms with Crippen molar-refractivity contribution in [2.45, 2.75) is 18.9 Å². The maximum Gasteiger partial charge on any atom is 0.251 e. The van der Waals surface area contributed by atoms with Crippen LogP contribution in [-0.4, -0.2) is 40.2 Å². The van der Waals surface area contributed by atoms with Crippen LogP contribution in [0.5, 0.6) is 0 Å². The summed E-state index contributed by atoms with van der Waals surface area (Å²) in [5.74, 6) is 0.866. The number of carbonyl (C=O) groups is 1. The van der Waals surface area contributed by atoms with E-state index in [1.54, 1.807) is 18.6 Å². The number of rotatable bonds is 4. The fraction of sp³-hybridized carbons (Fsp3) is 0.238. The van der Waals surface area contributed by atoms with E-state index in [-0.39, 0.29) is 11.9 Å². The molecule has 0 atom stereocenters. The minimum atomic E-state index is -0.0290. The minimum absolute atomic E-state index is 0.0290. The number of hydrogen-bond acceptors (Lipinski definition) is 5. The van der Waals surface area contributed by atoms with E-state index in [0.29, 0.717) is 5.56 Å². The zero-order valence-electron chi connectivity index (χ0n) is 15.0. The molecule has 1 N–H and O–H groups in total. The van der Waals surface area contributed by atoms with Crippen LogP contribution in [0.1, 0.15) is 23.2 Å². The molecule has 0 unspecified atom stereocenters. The Morgan fingerprint density at radius 1 is 1.00 bits per heavy atom. The number of hydrogen-bond donors (Lipinski definition) is 1. The molecule has 3 heterocycles. The van der Waals surface area contributed by atoms with Crippen LogP contribution in [-0.2, 0) is 0 Å². The Bertz CT molecular complexity index is 893. The second-order valence-electron chi connectivity index (χ2n) is 6.64. The molecule has 6 nitrogen and oxygen atoms in total. The van der Waals surface area contributed by atoms with Gasteiger partial charge in [0.2, 0.25) is 0 Å². The molecule has 136 valence electrons. The van der Waals surface area contributed by atoms with Crippen LogP contribution in [0.4, 0.5) is 5.82 Å². The van der Waals surface area contributed by atoms with Gasteiger partial charge in [-0.2, -0.15) is 5.10 Å². The van der Waals surface area contributed by atoms with E-state index < -0.39 is 0 Å². The average molecular weight is 359 g/mol. The maximum absolute atomic E-state index is 12.7. The molecule has 0 radical (unpaired) electrons. The van der Waals surface area contributed by atoms with Gasteiger partial charge in [0, 0.05) is 48.8 Å². The van der Waals surface area contributed by atoms with E-state index in [1.165, 1.54) is 0 Å². The first kappa shape index (κ1) is 17.1. The molecular formula is C21H21N5O. The predicted octanol–water partition coefficient (Wildman–Crippen LogP) is 2.94. The topological polar surface area (TPSA) is 71.0 Å². The van der Waals surface area contributed by atoms with Crippen LogP contribution in [0.3, 0.4) is 0 Å². The van der Waals surface area contributed by atoms with E-state index in [2.05, 4.69) is 25.4 Å². The van der Waals surface area contributed by atoms with Gasteiger partial charge in [-0.15, -0.1) is 5.10 Å². The van der Waals surface area contributed by atoms with Crippen LogP contribution in [0.2, 0.25) is 0 Å². The quantitative estimate of drug-likeness (QED) is 0.775. The van der Waals surface area contributed by atoms with Crippen LogP contribution in [0.25, 0.3) is 11.1 Å². The molecule has 1 fully saturated rings. The second-order valence-corrected chi connectivity index (χ2v) is 6.64. The highest BCUT2D eigenvalue weighted by Gasteiger charge is 2.22. The third-order valence-electron chi connectivity index (χ3n) is 4.83. The Morgan fingerprint density at radius 3 is 2.56 bits per heavy atom. The molecule has 0 aliphatic carbocycles. The Hall–Kier alpha value is -3.28. The molecule has 6 heteroatoms. The van der Waals surface area contributed by atoms with Crippen LogP contribution >= 0.6 is 0 Å². The van der Waals surface area contributed by atoms with Crippen LogP contribution in [0.15, 0.2) is 67.1 Å². The molecule has 3 aromatic rings. The summed E-state index contributed by atoms with van der Waals surface area (Å²) >= 11 is 0. The maximum atomic E-state index is 12.7. The Kier molecular flexibility index (Phi) is 5.05. The van der Waals surface area contributed by atoms with Gasteiger partial charge in [0.25, 0.3) is 5.91 Å². The minimum Gasteiger partial charge on any atom is -0.355 e. The molecule has 1 aliphatic heterocycles. The highest BCUT2D eigenvalue weighted by Crippen LogP contribution is 2.20. The first-order valence-electron chi connectivity index (χ1n) is 9.13. The lowest BCUT2D eigenvalue weighted by Gasteiger charge is -2.32. The third kappa shape index (κ3) is 4.11. The van der Waals surface area contributed by atoms with Gasteiger partial charge >= 0.3 is 0 Å². The molecule has 4 rings (SSSR count). The first-order valence-corrected chi connectivity index (χ1v) is 9.13. The van der Waals surface area contributed by atoms with Crippen LogP contribution < -0.4 is 10.2 Å². The van der Waals surface area contributed by atoms with Crippen LogP contribution in [0, 0.1) is 0 Å². The molecule has 0 saturated carbocycles. The number of benzene rings is 1. The smallest absolute Gasteiger partial charge is 0.251 e. The van der Waals surface area contributed by atoms with E-state index in [4.69, 9.17) is 0 Å². The summed E-state index contributed by atoms with van der Waals surface area (Å²) in [6.07, 6.45) is 7.01. The van der Waals surface area contributed by atoms with Crippen molar-refractivity contribution in [3.8, 4) is 11.1 Å². The number of nitrogens with zero attached hydrogens (tertiary/aromatic N) is 4. The van der Waals surface area contributed by atoms with Crippen molar-refractivity contribution in [1.29, 1.82) is 0 Å². The number of piperidine rings is 1. The predicted molar refractivity (Wildman–Crippen MR) is 104 cm³/mol.